The number of H-pyrrole nitrogens is 1. The number of amides is 3. The SMILES string of the molecule is COc1ccc2c3c([nH]c2c1)[C@H](CO)N(C(=O)NC(C)C)CC31CN(C(=O)C2CCCCC2)C1. The number of hydrogen-bond donors (Lipinski definition) is 3. The van der Waals surface area contributed by atoms with E-state index >= 15 is 0 Å². The first kappa shape index (κ1) is 23.0. The lowest BCUT2D eigenvalue weighted by atomic mass is 9.68. The van der Waals surface area contributed by atoms with E-state index in [1.165, 1.54) is 6.42 Å². The van der Waals surface area contributed by atoms with Gasteiger partial charge in [-0.25, -0.2) is 4.79 Å². The summed E-state index contributed by atoms with van der Waals surface area (Å²) in [6.07, 6.45) is 5.45. The van der Waals surface area contributed by atoms with Gasteiger partial charge in [-0.05, 0) is 44.4 Å². The molecule has 3 heterocycles. The molecule has 1 aliphatic carbocycles. The average molecular weight is 469 g/mol. The number of likely N-dealkylation sites (tertiary alicyclic amines) is 1. The Balaban J connectivity index is 1.53. The van der Waals surface area contributed by atoms with E-state index in [0.717, 1.165) is 53.6 Å². The van der Waals surface area contributed by atoms with Crippen molar-refractivity contribution in [3.05, 3.63) is 29.5 Å². The molecular formula is C26H36N4O4. The van der Waals surface area contributed by atoms with Gasteiger partial charge in [0.25, 0.3) is 0 Å². The number of carbonyl (C=O) groups is 2. The van der Waals surface area contributed by atoms with Gasteiger partial charge in [0.05, 0.1) is 25.2 Å². The number of hydrogen-bond acceptors (Lipinski definition) is 4. The molecule has 3 N–H and O–H groups in total. The molecule has 8 nitrogen and oxygen atoms in total. The molecule has 1 saturated carbocycles. The van der Waals surface area contributed by atoms with Crippen molar-refractivity contribution in [1.82, 2.24) is 20.1 Å². The average Bonchev–Trinajstić information content (AvgIpc) is 3.20. The standard InChI is InChI=1S/C26H36N4O4/c1-16(2)27-25(33)30-15-26(13-29(14-26)24(32)17-7-5-4-6-8-17)22-19-10-9-18(34-3)11-20(19)28-23(22)21(30)12-31/h9-11,16-17,21,28,31H,4-8,12-15H2,1-3H3,(H,27,33)/t21-/m0/s1. The maximum atomic E-state index is 13.3. The van der Waals surface area contributed by atoms with Gasteiger partial charge in [0.15, 0.2) is 0 Å². The number of aromatic nitrogens is 1. The number of benzene rings is 1. The number of methoxy groups -OCH3 is 1. The first-order chi connectivity index (χ1) is 16.4. The fourth-order valence-corrected chi connectivity index (χ4v) is 6.26. The minimum atomic E-state index is -0.471. The van der Waals surface area contributed by atoms with Crippen LogP contribution in [0.5, 0.6) is 5.75 Å². The van der Waals surface area contributed by atoms with E-state index in [1.54, 1.807) is 12.0 Å². The van der Waals surface area contributed by atoms with Gasteiger partial charge in [0, 0.05) is 54.3 Å². The van der Waals surface area contributed by atoms with Gasteiger partial charge in [0.2, 0.25) is 5.91 Å². The topological polar surface area (TPSA) is 97.9 Å². The number of aliphatic hydroxyl groups excluding tert-OH is 1. The summed E-state index contributed by atoms with van der Waals surface area (Å²) < 4.78 is 5.42. The third-order valence-electron chi connectivity index (χ3n) is 7.85. The van der Waals surface area contributed by atoms with Gasteiger partial charge in [-0.15, -0.1) is 0 Å². The van der Waals surface area contributed by atoms with E-state index in [2.05, 4.69) is 16.4 Å². The fourth-order valence-electron chi connectivity index (χ4n) is 6.26. The third-order valence-corrected chi connectivity index (χ3v) is 7.85. The molecule has 1 aromatic carbocycles. The zero-order chi connectivity index (χ0) is 24.0. The predicted molar refractivity (Wildman–Crippen MR) is 130 cm³/mol. The molecule has 0 bridgehead atoms. The zero-order valence-corrected chi connectivity index (χ0v) is 20.4. The molecule has 2 aromatic rings. The van der Waals surface area contributed by atoms with E-state index < -0.39 is 6.04 Å². The van der Waals surface area contributed by atoms with Crippen molar-refractivity contribution < 1.29 is 19.4 Å². The second kappa shape index (κ2) is 8.80. The number of urea groups is 1. The highest BCUT2D eigenvalue weighted by atomic mass is 16.5. The van der Waals surface area contributed by atoms with Crippen molar-refractivity contribution in [3.63, 3.8) is 0 Å². The Morgan fingerprint density at radius 1 is 1.21 bits per heavy atom. The van der Waals surface area contributed by atoms with Crippen LogP contribution in [0, 0.1) is 5.92 Å². The highest BCUT2D eigenvalue weighted by molar-refractivity contribution is 5.90. The smallest absolute Gasteiger partial charge is 0.318 e. The van der Waals surface area contributed by atoms with E-state index in [9.17, 15) is 14.7 Å². The van der Waals surface area contributed by atoms with Crippen molar-refractivity contribution in [2.24, 2.45) is 5.92 Å². The molecule has 1 saturated heterocycles. The number of carbonyl (C=O) groups excluding carboxylic acids is 2. The maximum Gasteiger partial charge on any atom is 0.318 e. The van der Waals surface area contributed by atoms with Crippen molar-refractivity contribution in [2.75, 3.05) is 33.4 Å². The minimum absolute atomic E-state index is 0.0121. The van der Waals surface area contributed by atoms with Gasteiger partial charge in [0.1, 0.15) is 5.75 Å². The Labute approximate surface area is 200 Å². The molecule has 1 atom stereocenters. The highest BCUT2D eigenvalue weighted by Crippen LogP contribution is 2.49. The largest absolute Gasteiger partial charge is 0.497 e. The first-order valence-electron chi connectivity index (χ1n) is 12.5. The monoisotopic (exact) mass is 468 g/mol. The second-order valence-corrected chi connectivity index (χ2v) is 10.6. The number of nitrogens with zero attached hydrogens (tertiary/aromatic N) is 2. The molecular weight excluding hydrogens is 432 g/mol. The van der Waals surface area contributed by atoms with Crippen LogP contribution in [-0.4, -0.2) is 71.2 Å². The third kappa shape index (κ3) is 3.72. The van der Waals surface area contributed by atoms with Crippen LogP contribution in [0.15, 0.2) is 18.2 Å². The summed E-state index contributed by atoms with van der Waals surface area (Å²) in [5.41, 5.74) is 2.56. The Bertz CT molecular complexity index is 1080. The Hall–Kier alpha value is -2.74. The summed E-state index contributed by atoms with van der Waals surface area (Å²) in [5.74, 6) is 1.14. The Kier molecular flexibility index (Phi) is 5.96. The molecule has 34 heavy (non-hydrogen) atoms. The molecule has 0 radical (unpaired) electrons. The first-order valence-corrected chi connectivity index (χ1v) is 12.5. The fraction of sp³-hybridized carbons (Fsp3) is 0.615. The summed E-state index contributed by atoms with van der Waals surface area (Å²) in [6.45, 7) is 5.34. The van der Waals surface area contributed by atoms with Gasteiger partial charge >= 0.3 is 6.03 Å². The lowest BCUT2D eigenvalue weighted by Gasteiger charge is -2.56. The van der Waals surface area contributed by atoms with Crippen molar-refractivity contribution in [2.45, 2.75) is 63.5 Å². The number of ether oxygens (including phenoxy) is 1. The summed E-state index contributed by atoms with van der Waals surface area (Å²) in [6, 6.07) is 5.28. The van der Waals surface area contributed by atoms with E-state index in [4.69, 9.17) is 4.74 Å². The highest BCUT2D eigenvalue weighted by Gasteiger charge is 2.55. The molecule has 5 rings (SSSR count). The molecule has 1 spiro atoms. The van der Waals surface area contributed by atoms with Crippen LogP contribution in [0.2, 0.25) is 0 Å². The van der Waals surface area contributed by atoms with Crippen molar-refractivity contribution >= 4 is 22.8 Å². The Morgan fingerprint density at radius 3 is 2.59 bits per heavy atom. The second-order valence-electron chi connectivity index (χ2n) is 10.6. The van der Waals surface area contributed by atoms with E-state index in [1.807, 2.05) is 30.9 Å². The van der Waals surface area contributed by atoms with Gasteiger partial charge in [-0.2, -0.15) is 0 Å². The van der Waals surface area contributed by atoms with E-state index in [-0.39, 0.29) is 35.9 Å². The van der Waals surface area contributed by atoms with Crippen LogP contribution in [0.25, 0.3) is 10.9 Å². The molecule has 3 amide bonds. The molecule has 184 valence electrons. The molecule has 8 heteroatoms. The summed E-state index contributed by atoms with van der Waals surface area (Å²) in [7, 11) is 1.64. The van der Waals surface area contributed by atoms with E-state index in [0.29, 0.717) is 19.6 Å². The number of rotatable bonds is 4. The number of nitrogens with one attached hydrogen (secondary N) is 2. The van der Waals surface area contributed by atoms with Crippen LogP contribution < -0.4 is 10.1 Å². The summed E-state index contributed by atoms with van der Waals surface area (Å²) in [4.78, 5) is 33.7. The van der Waals surface area contributed by atoms with Crippen LogP contribution in [0.1, 0.15) is 63.3 Å². The summed E-state index contributed by atoms with van der Waals surface area (Å²) >= 11 is 0. The van der Waals surface area contributed by atoms with Gasteiger partial charge in [-0.1, -0.05) is 19.3 Å². The maximum absolute atomic E-state index is 13.3. The zero-order valence-electron chi connectivity index (χ0n) is 20.4. The molecule has 0 unspecified atom stereocenters. The number of aliphatic hydroxyl groups is 1. The van der Waals surface area contributed by atoms with Crippen molar-refractivity contribution in [1.29, 1.82) is 0 Å². The molecule has 3 aliphatic rings. The van der Waals surface area contributed by atoms with Crippen LogP contribution in [0.4, 0.5) is 4.79 Å². The lowest BCUT2D eigenvalue weighted by Crippen LogP contribution is -2.69. The van der Waals surface area contributed by atoms with Crippen LogP contribution in [-0.2, 0) is 10.2 Å². The van der Waals surface area contributed by atoms with Crippen molar-refractivity contribution in [3.8, 4) is 5.75 Å². The summed E-state index contributed by atoms with van der Waals surface area (Å²) in [5, 5.41) is 14.4. The van der Waals surface area contributed by atoms with Gasteiger partial charge in [-0.3, -0.25) is 4.79 Å². The Morgan fingerprint density at radius 2 is 1.94 bits per heavy atom. The van der Waals surface area contributed by atoms with Crippen LogP contribution in [0.3, 0.4) is 0 Å². The number of fused-ring (bicyclic) bond motifs is 4. The van der Waals surface area contributed by atoms with Gasteiger partial charge < -0.3 is 29.9 Å². The number of aromatic amines is 1. The molecule has 1 aromatic heterocycles. The molecule has 2 fully saturated rings. The van der Waals surface area contributed by atoms with Crippen LogP contribution >= 0.6 is 0 Å². The normalized spacial score (nSPS) is 22.1. The molecule has 2 aliphatic heterocycles. The minimum Gasteiger partial charge on any atom is -0.497 e. The predicted octanol–water partition coefficient (Wildman–Crippen LogP) is 3.30. The quantitative estimate of drug-likeness (QED) is 0.641. The lowest BCUT2D eigenvalue weighted by molar-refractivity contribution is -0.145.